The summed E-state index contributed by atoms with van der Waals surface area (Å²) >= 11 is 0. The molecule has 1 aromatic rings. The molecule has 3 nitrogen and oxygen atoms in total. The van der Waals surface area contributed by atoms with E-state index in [9.17, 15) is 4.79 Å². The van der Waals surface area contributed by atoms with Gasteiger partial charge in [-0.25, -0.2) is 4.79 Å². The Morgan fingerprint density at radius 2 is 1.82 bits per heavy atom. The van der Waals surface area contributed by atoms with E-state index in [4.69, 9.17) is 4.74 Å². The summed E-state index contributed by atoms with van der Waals surface area (Å²) in [6, 6.07) is 0. The molecule has 0 aliphatic heterocycles. The van der Waals surface area contributed by atoms with Crippen LogP contribution in [0.4, 0.5) is 0 Å². The van der Waals surface area contributed by atoms with Crippen LogP contribution < -0.4 is 0 Å². The van der Waals surface area contributed by atoms with Gasteiger partial charge < -0.3 is 9.72 Å². The molecule has 0 fully saturated rings. The number of hydrogen-bond acceptors (Lipinski definition) is 2. The Morgan fingerprint density at radius 3 is 2.47 bits per heavy atom. The van der Waals surface area contributed by atoms with Crippen molar-refractivity contribution in [2.24, 2.45) is 0 Å². The van der Waals surface area contributed by atoms with Gasteiger partial charge in [0, 0.05) is 5.69 Å². The summed E-state index contributed by atoms with van der Waals surface area (Å²) in [6.45, 7) is 4.34. The number of nitrogens with one attached hydrogen (secondary N) is 1. The molecule has 0 radical (unpaired) electrons. The predicted molar refractivity (Wildman–Crippen MR) is 67.4 cm³/mol. The van der Waals surface area contributed by atoms with Gasteiger partial charge in [-0.2, -0.15) is 0 Å². The van der Waals surface area contributed by atoms with E-state index in [1.807, 2.05) is 6.92 Å². The summed E-state index contributed by atoms with van der Waals surface area (Å²) in [5.74, 6) is -0.197. The summed E-state index contributed by atoms with van der Waals surface area (Å²) < 4.78 is 5.11. The maximum atomic E-state index is 11.9. The first-order valence-electron chi connectivity index (χ1n) is 6.61. The Bertz CT molecular complexity index is 407. The molecule has 1 heterocycles. The largest absolute Gasteiger partial charge is 0.461 e. The summed E-state index contributed by atoms with van der Waals surface area (Å²) in [7, 11) is 0. The number of rotatable bonds is 2. The van der Waals surface area contributed by atoms with E-state index in [2.05, 4.69) is 11.9 Å². The zero-order valence-electron chi connectivity index (χ0n) is 10.8. The zero-order chi connectivity index (χ0) is 12.3. The van der Waals surface area contributed by atoms with Crippen molar-refractivity contribution in [3.05, 3.63) is 22.5 Å². The van der Waals surface area contributed by atoms with Crippen LogP contribution in [0.1, 0.15) is 59.9 Å². The first kappa shape index (κ1) is 12.2. The molecular formula is C14H21NO2. The van der Waals surface area contributed by atoms with Crippen molar-refractivity contribution < 1.29 is 9.53 Å². The highest BCUT2D eigenvalue weighted by Crippen LogP contribution is 2.26. The van der Waals surface area contributed by atoms with Gasteiger partial charge in [-0.3, -0.25) is 0 Å². The fourth-order valence-electron chi connectivity index (χ4n) is 2.66. The van der Waals surface area contributed by atoms with E-state index in [-0.39, 0.29) is 5.97 Å². The second kappa shape index (κ2) is 5.39. The van der Waals surface area contributed by atoms with Crippen LogP contribution in [-0.4, -0.2) is 17.6 Å². The molecule has 0 bridgehead atoms. The maximum Gasteiger partial charge on any atom is 0.355 e. The Labute approximate surface area is 103 Å². The minimum atomic E-state index is -0.197. The number of hydrogen-bond donors (Lipinski definition) is 1. The van der Waals surface area contributed by atoms with E-state index < -0.39 is 0 Å². The van der Waals surface area contributed by atoms with Crippen molar-refractivity contribution in [3.8, 4) is 0 Å². The molecule has 17 heavy (non-hydrogen) atoms. The second-order valence-electron chi connectivity index (χ2n) is 4.72. The van der Waals surface area contributed by atoms with Crippen LogP contribution in [0.25, 0.3) is 0 Å². The number of ether oxygens (including phenoxy) is 1. The highest BCUT2D eigenvalue weighted by Gasteiger charge is 2.21. The lowest BCUT2D eigenvalue weighted by molar-refractivity contribution is 0.0518. The van der Waals surface area contributed by atoms with Crippen LogP contribution in [0.3, 0.4) is 0 Å². The SMILES string of the molecule is CCOC(=O)c1[nH]c(C)c2c1CCCCCC2. The van der Waals surface area contributed by atoms with E-state index in [0.717, 1.165) is 18.5 Å². The molecule has 0 saturated carbocycles. The predicted octanol–water partition coefficient (Wildman–Crippen LogP) is 3.16. The second-order valence-corrected chi connectivity index (χ2v) is 4.72. The molecule has 94 valence electrons. The average Bonchev–Trinajstić information content (AvgIpc) is 2.55. The number of fused-ring (bicyclic) bond motifs is 1. The Morgan fingerprint density at radius 1 is 1.18 bits per heavy atom. The first-order chi connectivity index (χ1) is 8.24. The molecule has 1 aliphatic carbocycles. The quantitative estimate of drug-likeness (QED) is 0.800. The minimum Gasteiger partial charge on any atom is -0.461 e. The monoisotopic (exact) mass is 235 g/mol. The van der Waals surface area contributed by atoms with Crippen LogP contribution >= 0.6 is 0 Å². The van der Waals surface area contributed by atoms with Gasteiger partial charge in [-0.05, 0) is 50.7 Å². The van der Waals surface area contributed by atoms with Crippen molar-refractivity contribution in [3.63, 3.8) is 0 Å². The summed E-state index contributed by atoms with van der Waals surface area (Å²) in [5.41, 5.74) is 4.40. The smallest absolute Gasteiger partial charge is 0.355 e. The van der Waals surface area contributed by atoms with Crippen LogP contribution in [-0.2, 0) is 17.6 Å². The zero-order valence-corrected chi connectivity index (χ0v) is 10.8. The lowest BCUT2D eigenvalue weighted by Crippen LogP contribution is -2.09. The maximum absolute atomic E-state index is 11.9. The number of aromatic nitrogens is 1. The lowest BCUT2D eigenvalue weighted by atomic mass is 9.94. The molecule has 0 unspecified atom stereocenters. The normalized spacial score (nSPS) is 15.9. The van der Waals surface area contributed by atoms with E-state index >= 15 is 0 Å². The first-order valence-corrected chi connectivity index (χ1v) is 6.61. The molecule has 1 aliphatic rings. The number of aryl methyl sites for hydroxylation is 1. The molecule has 2 rings (SSSR count). The minimum absolute atomic E-state index is 0.197. The van der Waals surface area contributed by atoms with Crippen LogP contribution in [0.15, 0.2) is 0 Å². The number of esters is 1. The summed E-state index contributed by atoms with van der Waals surface area (Å²) in [4.78, 5) is 15.1. The molecule has 0 aromatic carbocycles. The number of carbonyl (C=O) groups is 1. The van der Waals surface area contributed by atoms with Gasteiger partial charge in [0.1, 0.15) is 5.69 Å². The third kappa shape index (κ3) is 2.54. The van der Waals surface area contributed by atoms with Crippen molar-refractivity contribution >= 4 is 5.97 Å². The Balaban J connectivity index is 2.33. The third-order valence-corrected chi connectivity index (χ3v) is 3.51. The van der Waals surface area contributed by atoms with Gasteiger partial charge in [-0.15, -0.1) is 0 Å². The molecule has 0 amide bonds. The topological polar surface area (TPSA) is 42.1 Å². The fraction of sp³-hybridized carbons (Fsp3) is 0.643. The Hall–Kier alpha value is -1.25. The highest BCUT2D eigenvalue weighted by atomic mass is 16.5. The molecule has 1 N–H and O–H groups in total. The number of H-pyrrole nitrogens is 1. The summed E-state index contributed by atoms with van der Waals surface area (Å²) in [6.07, 6.45) is 7.08. The Kier molecular flexibility index (Phi) is 3.87. The van der Waals surface area contributed by atoms with Crippen molar-refractivity contribution in [1.29, 1.82) is 0 Å². The number of carbonyl (C=O) groups excluding carboxylic acids is 1. The summed E-state index contributed by atoms with van der Waals surface area (Å²) in [5, 5.41) is 0. The van der Waals surface area contributed by atoms with Crippen LogP contribution in [0.2, 0.25) is 0 Å². The van der Waals surface area contributed by atoms with Gasteiger partial charge >= 0.3 is 5.97 Å². The molecule has 0 atom stereocenters. The van der Waals surface area contributed by atoms with E-state index in [1.165, 1.54) is 36.8 Å². The lowest BCUT2D eigenvalue weighted by Gasteiger charge is -2.11. The highest BCUT2D eigenvalue weighted by molar-refractivity contribution is 5.90. The van der Waals surface area contributed by atoms with Crippen LogP contribution in [0.5, 0.6) is 0 Å². The molecular weight excluding hydrogens is 214 g/mol. The van der Waals surface area contributed by atoms with Crippen molar-refractivity contribution in [2.75, 3.05) is 6.61 Å². The molecule has 1 aromatic heterocycles. The fourth-order valence-corrected chi connectivity index (χ4v) is 2.66. The van der Waals surface area contributed by atoms with Crippen LogP contribution in [0, 0.1) is 6.92 Å². The van der Waals surface area contributed by atoms with E-state index in [0.29, 0.717) is 12.3 Å². The van der Waals surface area contributed by atoms with Crippen molar-refractivity contribution in [2.45, 2.75) is 52.4 Å². The van der Waals surface area contributed by atoms with Gasteiger partial charge in [0.25, 0.3) is 0 Å². The van der Waals surface area contributed by atoms with Gasteiger partial charge in [0.2, 0.25) is 0 Å². The van der Waals surface area contributed by atoms with Gasteiger partial charge in [0.15, 0.2) is 0 Å². The van der Waals surface area contributed by atoms with Crippen molar-refractivity contribution in [1.82, 2.24) is 4.98 Å². The average molecular weight is 235 g/mol. The number of aromatic amines is 1. The van der Waals surface area contributed by atoms with E-state index in [1.54, 1.807) is 0 Å². The molecule has 0 spiro atoms. The van der Waals surface area contributed by atoms with Gasteiger partial charge in [0.05, 0.1) is 6.61 Å². The van der Waals surface area contributed by atoms with Gasteiger partial charge in [-0.1, -0.05) is 12.8 Å². The standard InChI is InChI=1S/C14H21NO2/c1-3-17-14(16)13-12-9-7-5-4-6-8-11(12)10(2)15-13/h15H,3-9H2,1-2H3. The third-order valence-electron chi connectivity index (χ3n) is 3.51. The molecule has 3 heteroatoms. The molecule has 0 saturated heterocycles.